The van der Waals surface area contributed by atoms with E-state index in [1.165, 1.54) is 7.11 Å². The molecule has 4 heterocycles. The van der Waals surface area contributed by atoms with Gasteiger partial charge in [-0.2, -0.15) is 0 Å². The van der Waals surface area contributed by atoms with Crippen LogP contribution in [0.15, 0.2) is 79.4 Å². The van der Waals surface area contributed by atoms with Gasteiger partial charge in [0.2, 0.25) is 5.91 Å². The van der Waals surface area contributed by atoms with Crippen molar-refractivity contribution in [2.45, 2.75) is 37.9 Å². The fraction of sp³-hybridized carbons (Fsp3) is 0.250. The van der Waals surface area contributed by atoms with Crippen LogP contribution in [0.1, 0.15) is 55.1 Å². The summed E-state index contributed by atoms with van der Waals surface area (Å²) in [7, 11) is 1.25. The molecule has 0 aliphatic carbocycles. The summed E-state index contributed by atoms with van der Waals surface area (Å²) in [6.07, 6.45) is 8.69. The second kappa shape index (κ2) is 12.9. The van der Waals surface area contributed by atoms with Crippen molar-refractivity contribution in [3.05, 3.63) is 96.6 Å². The number of aromatic amines is 2. The highest BCUT2D eigenvalue weighted by molar-refractivity contribution is 5.87. The zero-order valence-electron chi connectivity index (χ0n) is 24.4. The Bertz CT molecular complexity index is 1710. The van der Waals surface area contributed by atoms with Crippen molar-refractivity contribution in [1.82, 2.24) is 45.9 Å². The second-order valence-electron chi connectivity index (χ2n) is 10.6. The zero-order valence-corrected chi connectivity index (χ0v) is 24.4. The van der Waals surface area contributed by atoms with E-state index >= 15 is 0 Å². The number of carbonyl (C=O) groups is 2. The number of carbonyl (C=O) groups excluding carboxylic acids is 2. The summed E-state index contributed by atoms with van der Waals surface area (Å²) in [4.78, 5) is 49.9. The number of nitrogens with one attached hydrogen (secondary N) is 5. The maximum Gasteiger partial charge on any atom is 0.407 e. The lowest BCUT2D eigenvalue weighted by Crippen LogP contribution is -2.41. The third-order valence-electron chi connectivity index (χ3n) is 7.61. The molecule has 5 N–H and O–H groups in total. The number of imidazole rings is 2. The van der Waals surface area contributed by atoms with Crippen molar-refractivity contribution in [1.29, 1.82) is 0 Å². The van der Waals surface area contributed by atoms with Crippen LogP contribution in [0.4, 0.5) is 4.79 Å². The van der Waals surface area contributed by atoms with Gasteiger partial charge >= 0.3 is 6.09 Å². The van der Waals surface area contributed by atoms with Gasteiger partial charge in [-0.1, -0.05) is 54.6 Å². The first-order chi connectivity index (χ1) is 21.5. The van der Waals surface area contributed by atoms with Gasteiger partial charge in [0.25, 0.3) is 0 Å². The third-order valence-corrected chi connectivity index (χ3v) is 7.61. The van der Waals surface area contributed by atoms with Crippen molar-refractivity contribution in [3.8, 4) is 33.9 Å². The van der Waals surface area contributed by atoms with Gasteiger partial charge in [0.1, 0.15) is 17.7 Å². The third kappa shape index (κ3) is 6.35. The standard InChI is InChI=1S/C32H33N9O3/c1-19(38-31(42)27(41-32(43)44-2)21-7-4-3-5-8-21)28-36-17-25(39-28)20-10-12-22(13-11-20)29-34-15-23(16-35-29)26-18-37-30(40-26)24-9-6-14-33-24/h3-5,7-8,10-13,15-19,24,27,33H,6,9,14H2,1-2H3,(H,36,39)(H,37,40)(H,38,42)(H,41,43)/t19-,24+,27+/m0/s1. The number of aromatic nitrogens is 6. The molecule has 1 aliphatic rings. The second-order valence-corrected chi connectivity index (χ2v) is 10.6. The Morgan fingerprint density at radius 1 is 0.841 bits per heavy atom. The topological polar surface area (TPSA) is 163 Å². The number of methoxy groups -OCH3 is 1. The summed E-state index contributed by atoms with van der Waals surface area (Å²) in [5.41, 5.74) is 5.00. The molecule has 0 unspecified atom stereocenters. The quantitative estimate of drug-likeness (QED) is 0.166. The van der Waals surface area contributed by atoms with Crippen molar-refractivity contribution >= 4 is 12.0 Å². The number of nitrogens with zero attached hydrogens (tertiary/aromatic N) is 4. The highest BCUT2D eigenvalue weighted by Crippen LogP contribution is 2.26. The van der Waals surface area contributed by atoms with Gasteiger partial charge in [-0.25, -0.2) is 24.7 Å². The summed E-state index contributed by atoms with van der Waals surface area (Å²) in [6.45, 7) is 2.84. The van der Waals surface area contributed by atoms with Crippen LogP contribution in [0.3, 0.4) is 0 Å². The summed E-state index contributed by atoms with van der Waals surface area (Å²) < 4.78 is 4.71. The minimum absolute atomic E-state index is 0.276. The van der Waals surface area contributed by atoms with Crippen LogP contribution in [0.2, 0.25) is 0 Å². The molecule has 6 rings (SSSR count). The molecule has 0 saturated carbocycles. The van der Waals surface area contributed by atoms with E-state index in [-0.39, 0.29) is 11.9 Å². The number of amides is 2. The first kappa shape index (κ1) is 28.7. The molecule has 12 heteroatoms. The normalized spacial score (nSPS) is 15.8. The average molecular weight is 592 g/mol. The SMILES string of the molecule is COC(=O)N[C@@H](C(=O)N[C@@H](C)c1ncc(-c2ccc(-c3ncc(-c4cnc([C@H]5CCCN5)[nH]4)cn3)cc2)[nH]1)c1ccccc1. The Morgan fingerprint density at radius 3 is 2.25 bits per heavy atom. The van der Waals surface area contributed by atoms with Crippen molar-refractivity contribution in [2.24, 2.45) is 0 Å². The highest BCUT2D eigenvalue weighted by Gasteiger charge is 2.25. The Kier molecular flexibility index (Phi) is 8.41. The molecule has 3 atom stereocenters. The number of hydrogen-bond donors (Lipinski definition) is 5. The maximum absolute atomic E-state index is 13.1. The van der Waals surface area contributed by atoms with E-state index in [1.54, 1.807) is 42.9 Å². The van der Waals surface area contributed by atoms with E-state index in [1.807, 2.05) is 43.5 Å². The van der Waals surface area contributed by atoms with Gasteiger partial charge in [-0.3, -0.25) is 4.79 Å². The van der Waals surface area contributed by atoms with Crippen LogP contribution in [0.25, 0.3) is 33.9 Å². The zero-order chi connectivity index (χ0) is 30.5. The fourth-order valence-electron chi connectivity index (χ4n) is 5.18. The van der Waals surface area contributed by atoms with E-state index in [4.69, 9.17) is 4.74 Å². The van der Waals surface area contributed by atoms with E-state index in [9.17, 15) is 9.59 Å². The number of alkyl carbamates (subject to hydrolysis) is 1. The van der Waals surface area contributed by atoms with Gasteiger partial charge in [0.15, 0.2) is 5.82 Å². The molecular weight excluding hydrogens is 558 g/mol. The average Bonchev–Trinajstić information content (AvgIpc) is 3.86. The van der Waals surface area contributed by atoms with Crippen LogP contribution < -0.4 is 16.0 Å². The molecule has 2 aromatic carbocycles. The summed E-state index contributed by atoms with van der Waals surface area (Å²) in [6, 6.07) is 15.7. The van der Waals surface area contributed by atoms with E-state index in [0.29, 0.717) is 17.2 Å². The van der Waals surface area contributed by atoms with Crippen LogP contribution >= 0.6 is 0 Å². The first-order valence-electron chi connectivity index (χ1n) is 14.4. The lowest BCUT2D eigenvalue weighted by Gasteiger charge is -2.20. The van der Waals surface area contributed by atoms with Gasteiger partial charge < -0.3 is 30.7 Å². The molecule has 1 saturated heterocycles. The smallest absolute Gasteiger partial charge is 0.407 e. The minimum atomic E-state index is -0.921. The number of benzene rings is 2. The van der Waals surface area contributed by atoms with Crippen molar-refractivity contribution in [2.75, 3.05) is 13.7 Å². The largest absolute Gasteiger partial charge is 0.453 e. The molecule has 5 aromatic rings. The first-order valence-corrected chi connectivity index (χ1v) is 14.4. The van der Waals surface area contributed by atoms with Gasteiger partial charge in [-0.15, -0.1) is 0 Å². The van der Waals surface area contributed by atoms with Crippen LogP contribution in [0, 0.1) is 0 Å². The van der Waals surface area contributed by atoms with Gasteiger partial charge in [0.05, 0.1) is 43.0 Å². The Balaban J connectivity index is 1.10. The number of H-pyrrole nitrogens is 2. The molecule has 1 fully saturated rings. The predicted octanol–water partition coefficient (Wildman–Crippen LogP) is 4.62. The van der Waals surface area contributed by atoms with E-state index in [2.05, 4.69) is 45.9 Å². The predicted molar refractivity (Wildman–Crippen MR) is 164 cm³/mol. The Morgan fingerprint density at radius 2 is 1.55 bits per heavy atom. The van der Waals surface area contributed by atoms with Gasteiger partial charge in [-0.05, 0) is 37.4 Å². The van der Waals surface area contributed by atoms with Crippen LogP contribution in [0.5, 0.6) is 0 Å². The molecule has 44 heavy (non-hydrogen) atoms. The maximum atomic E-state index is 13.1. The van der Waals surface area contributed by atoms with E-state index < -0.39 is 18.2 Å². The van der Waals surface area contributed by atoms with Crippen molar-refractivity contribution in [3.63, 3.8) is 0 Å². The monoisotopic (exact) mass is 591 g/mol. The molecule has 0 radical (unpaired) electrons. The molecular formula is C32H33N9O3. The molecule has 0 bridgehead atoms. The lowest BCUT2D eigenvalue weighted by molar-refractivity contribution is -0.123. The Labute approximate surface area is 254 Å². The molecule has 0 spiro atoms. The van der Waals surface area contributed by atoms with E-state index in [0.717, 1.165) is 53.3 Å². The molecule has 2 amide bonds. The highest BCUT2D eigenvalue weighted by atomic mass is 16.5. The number of hydrogen-bond acceptors (Lipinski definition) is 8. The summed E-state index contributed by atoms with van der Waals surface area (Å²) in [5, 5.41) is 8.97. The number of ether oxygens (including phenoxy) is 1. The molecule has 224 valence electrons. The van der Waals surface area contributed by atoms with Crippen LogP contribution in [-0.4, -0.2) is 55.6 Å². The molecule has 1 aliphatic heterocycles. The van der Waals surface area contributed by atoms with Gasteiger partial charge in [0, 0.05) is 23.5 Å². The molecule has 12 nitrogen and oxygen atoms in total. The minimum Gasteiger partial charge on any atom is -0.453 e. The molecule has 3 aromatic heterocycles. The van der Waals surface area contributed by atoms with Crippen molar-refractivity contribution < 1.29 is 14.3 Å². The van der Waals surface area contributed by atoms with Crippen LogP contribution in [-0.2, 0) is 9.53 Å². The fourth-order valence-corrected chi connectivity index (χ4v) is 5.18. The summed E-state index contributed by atoms with van der Waals surface area (Å²) >= 11 is 0. The number of rotatable bonds is 9. The lowest BCUT2D eigenvalue weighted by atomic mass is 10.1. The Hall–Kier alpha value is -5.36. The summed E-state index contributed by atoms with van der Waals surface area (Å²) in [5.74, 6) is 1.75.